The molecule has 1 amide bonds. The summed E-state index contributed by atoms with van der Waals surface area (Å²) in [6, 6.07) is 2.20. The van der Waals surface area contributed by atoms with Gasteiger partial charge in [0.2, 0.25) is 5.91 Å². The molecule has 1 unspecified atom stereocenters. The van der Waals surface area contributed by atoms with Gasteiger partial charge < -0.3 is 16.2 Å². The Bertz CT molecular complexity index is 392. The topological polar surface area (TPSA) is 75.4 Å². The van der Waals surface area contributed by atoms with Crippen LogP contribution in [0.4, 0.5) is 5.69 Å². The minimum atomic E-state index is -0.687. The van der Waals surface area contributed by atoms with Crippen molar-refractivity contribution in [3.05, 3.63) is 22.7 Å². The van der Waals surface area contributed by atoms with E-state index < -0.39 is 6.04 Å². The Balaban J connectivity index is 2.59. The lowest BCUT2D eigenvalue weighted by molar-refractivity contribution is -0.116. The zero-order valence-electron chi connectivity index (χ0n) is 6.54. The maximum absolute atomic E-state index is 11.1. The Morgan fingerprint density at radius 2 is 2.23 bits per heavy atom. The summed E-state index contributed by atoms with van der Waals surface area (Å²) in [5.41, 5.74) is 6.70. The van der Waals surface area contributed by atoms with Crippen molar-refractivity contribution in [2.24, 2.45) is 5.73 Å². The number of carbonyl (C=O) groups is 1. The zero-order chi connectivity index (χ0) is 9.59. The molecule has 0 saturated heterocycles. The van der Waals surface area contributed by atoms with Crippen molar-refractivity contribution in [1.29, 1.82) is 0 Å². The van der Waals surface area contributed by atoms with Gasteiger partial charge in [0.1, 0.15) is 11.8 Å². The predicted octanol–water partition coefficient (Wildman–Crippen LogP) is 0.997. The van der Waals surface area contributed by atoms with Gasteiger partial charge in [-0.15, -0.1) is 0 Å². The van der Waals surface area contributed by atoms with Crippen LogP contribution >= 0.6 is 11.6 Å². The van der Waals surface area contributed by atoms with E-state index in [1.807, 2.05) is 0 Å². The van der Waals surface area contributed by atoms with E-state index in [0.717, 1.165) is 0 Å². The predicted molar refractivity (Wildman–Crippen MR) is 48.7 cm³/mol. The second-order valence-corrected chi connectivity index (χ2v) is 3.26. The lowest BCUT2D eigenvalue weighted by atomic mass is 10.1. The molecule has 0 bridgehead atoms. The van der Waals surface area contributed by atoms with Gasteiger partial charge in [0.15, 0.2) is 0 Å². The van der Waals surface area contributed by atoms with Gasteiger partial charge in [-0.3, -0.25) is 4.79 Å². The lowest BCUT2D eigenvalue weighted by Crippen LogP contribution is -2.19. The molecular weight excluding hydrogens is 192 g/mol. The molecule has 0 saturated carbocycles. The second-order valence-electron chi connectivity index (χ2n) is 2.86. The van der Waals surface area contributed by atoms with Gasteiger partial charge in [-0.05, 0) is 6.07 Å². The Labute approximate surface area is 79.3 Å². The van der Waals surface area contributed by atoms with Crippen LogP contribution in [0.3, 0.4) is 0 Å². The Morgan fingerprint density at radius 3 is 2.92 bits per heavy atom. The second kappa shape index (κ2) is 2.61. The molecule has 1 aromatic carbocycles. The first-order valence-electron chi connectivity index (χ1n) is 3.68. The van der Waals surface area contributed by atoms with Gasteiger partial charge in [0, 0.05) is 17.3 Å². The van der Waals surface area contributed by atoms with Crippen molar-refractivity contribution in [3.63, 3.8) is 0 Å². The number of nitrogens with one attached hydrogen (secondary N) is 1. The van der Waals surface area contributed by atoms with Crippen LogP contribution < -0.4 is 11.1 Å². The molecule has 1 atom stereocenters. The van der Waals surface area contributed by atoms with Gasteiger partial charge in [-0.1, -0.05) is 11.6 Å². The molecule has 68 valence electrons. The summed E-state index contributed by atoms with van der Waals surface area (Å²) in [7, 11) is 0. The number of nitrogens with two attached hydrogens (primary N) is 1. The number of phenols is 1. The number of amides is 1. The molecule has 4 nitrogen and oxygen atoms in total. The fourth-order valence-corrected chi connectivity index (χ4v) is 1.47. The van der Waals surface area contributed by atoms with E-state index in [4.69, 9.17) is 17.3 Å². The van der Waals surface area contributed by atoms with Crippen LogP contribution in [0.25, 0.3) is 0 Å². The smallest absolute Gasteiger partial charge is 0.245 e. The molecule has 13 heavy (non-hydrogen) atoms. The van der Waals surface area contributed by atoms with E-state index >= 15 is 0 Å². The molecule has 1 aliphatic rings. The highest BCUT2D eigenvalue weighted by Crippen LogP contribution is 2.36. The van der Waals surface area contributed by atoms with Gasteiger partial charge in [0.05, 0.1) is 5.02 Å². The van der Waals surface area contributed by atoms with Crippen molar-refractivity contribution < 1.29 is 9.90 Å². The molecule has 1 aliphatic heterocycles. The number of hydrogen-bond donors (Lipinski definition) is 3. The number of rotatable bonds is 0. The average molecular weight is 199 g/mol. The minimum Gasteiger partial charge on any atom is -0.506 e. The highest BCUT2D eigenvalue weighted by atomic mass is 35.5. The van der Waals surface area contributed by atoms with Crippen LogP contribution in [0.5, 0.6) is 5.75 Å². The van der Waals surface area contributed by atoms with E-state index in [2.05, 4.69) is 5.32 Å². The fourth-order valence-electron chi connectivity index (χ4n) is 1.29. The number of anilines is 1. The third-order valence-corrected chi connectivity index (χ3v) is 2.30. The van der Waals surface area contributed by atoms with Crippen LogP contribution in [0.1, 0.15) is 11.6 Å². The molecule has 0 aromatic heterocycles. The van der Waals surface area contributed by atoms with Crippen LogP contribution in [0.15, 0.2) is 12.1 Å². The third-order valence-electron chi connectivity index (χ3n) is 1.99. The first-order chi connectivity index (χ1) is 6.09. The molecule has 0 spiro atoms. The normalized spacial score (nSPS) is 19.8. The quantitative estimate of drug-likeness (QED) is 0.582. The highest BCUT2D eigenvalue weighted by molar-refractivity contribution is 6.32. The van der Waals surface area contributed by atoms with Gasteiger partial charge in [0.25, 0.3) is 0 Å². The van der Waals surface area contributed by atoms with Gasteiger partial charge in [-0.25, -0.2) is 0 Å². The Hall–Kier alpha value is -1.26. The van der Waals surface area contributed by atoms with Crippen LogP contribution in [-0.2, 0) is 4.79 Å². The van der Waals surface area contributed by atoms with Crippen molar-refractivity contribution in [3.8, 4) is 5.75 Å². The SMILES string of the molecule is NC1C(=O)Nc2cc(O)c(Cl)cc21. The first kappa shape index (κ1) is 8.34. The number of phenolic OH excluding ortho intramolecular Hbond substituents is 1. The first-order valence-corrected chi connectivity index (χ1v) is 4.06. The van der Waals surface area contributed by atoms with E-state index in [1.54, 1.807) is 0 Å². The molecule has 4 N–H and O–H groups in total. The summed E-state index contributed by atoms with van der Waals surface area (Å²) in [6.45, 7) is 0. The maximum Gasteiger partial charge on any atom is 0.245 e. The number of hydrogen-bond acceptors (Lipinski definition) is 3. The number of benzene rings is 1. The maximum atomic E-state index is 11.1. The Kier molecular flexibility index (Phi) is 1.68. The summed E-state index contributed by atoms with van der Waals surface area (Å²) < 4.78 is 0. The highest BCUT2D eigenvalue weighted by Gasteiger charge is 2.28. The largest absolute Gasteiger partial charge is 0.506 e. The number of fused-ring (bicyclic) bond motifs is 1. The molecule has 5 heteroatoms. The van der Waals surface area contributed by atoms with Crippen molar-refractivity contribution in [2.45, 2.75) is 6.04 Å². The lowest BCUT2D eigenvalue weighted by Gasteiger charge is -2.02. The van der Waals surface area contributed by atoms with Crippen molar-refractivity contribution >= 4 is 23.2 Å². The molecule has 0 fully saturated rings. The van der Waals surface area contributed by atoms with Crippen molar-refractivity contribution in [1.82, 2.24) is 0 Å². The third kappa shape index (κ3) is 1.15. The molecule has 0 radical (unpaired) electrons. The summed E-state index contributed by atoms with van der Waals surface area (Å²) in [5, 5.41) is 12.0. The molecule has 1 heterocycles. The molecule has 0 aliphatic carbocycles. The summed E-state index contributed by atoms with van der Waals surface area (Å²) in [6.07, 6.45) is 0. The average Bonchev–Trinajstić information content (AvgIpc) is 2.32. The van der Waals surface area contributed by atoms with Gasteiger partial charge in [-0.2, -0.15) is 0 Å². The van der Waals surface area contributed by atoms with E-state index in [-0.39, 0.29) is 16.7 Å². The number of carbonyl (C=O) groups excluding carboxylic acids is 1. The number of halogens is 1. The van der Waals surface area contributed by atoms with Crippen LogP contribution in [0.2, 0.25) is 5.02 Å². The van der Waals surface area contributed by atoms with Gasteiger partial charge >= 0.3 is 0 Å². The molecule has 1 aromatic rings. The minimum absolute atomic E-state index is 0.0604. The Morgan fingerprint density at radius 1 is 1.54 bits per heavy atom. The van der Waals surface area contributed by atoms with E-state index in [0.29, 0.717) is 11.3 Å². The van der Waals surface area contributed by atoms with E-state index in [9.17, 15) is 9.90 Å². The zero-order valence-corrected chi connectivity index (χ0v) is 7.30. The summed E-state index contributed by atoms with van der Waals surface area (Å²) in [4.78, 5) is 11.1. The summed E-state index contributed by atoms with van der Waals surface area (Å²) in [5.74, 6) is -0.341. The number of aromatic hydroxyl groups is 1. The van der Waals surface area contributed by atoms with E-state index in [1.165, 1.54) is 12.1 Å². The van der Waals surface area contributed by atoms with Crippen molar-refractivity contribution in [2.75, 3.05) is 5.32 Å². The monoisotopic (exact) mass is 198 g/mol. The van der Waals surface area contributed by atoms with Crippen LogP contribution in [0, 0.1) is 0 Å². The standard InChI is InChI=1S/C8H7ClN2O2/c9-4-1-3-5(2-6(4)12)11-8(13)7(3)10/h1-2,7,12H,10H2,(H,11,13). The molecule has 2 rings (SSSR count). The summed E-state index contributed by atoms with van der Waals surface area (Å²) >= 11 is 5.66. The van der Waals surface area contributed by atoms with Crippen LogP contribution in [-0.4, -0.2) is 11.0 Å². The molecular formula is C8H7ClN2O2. The fraction of sp³-hybridized carbons (Fsp3) is 0.125.